The van der Waals surface area contributed by atoms with Gasteiger partial charge in [0.05, 0.1) is 0 Å². The maximum Gasteiger partial charge on any atom is 0.126 e. The second-order valence-corrected chi connectivity index (χ2v) is 3.83. The molecule has 0 saturated carbocycles. The summed E-state index contributed by atoms with van der Waals surface area (Å²) < 4.78 is 13.0. The van der Waals surface area contributed by atoms with Crippen LogP contribution < -0.4 is 11.5 Å². The molecule has 3 heteroatoms. The minimum absolute atomic E-state index is 0.0651. The van der Waals surface area contributed by atoms with Gasteiger partial charge in [-0.15, -0.1) is 0 Å². The van der Waals surface area contributed by atoms with Crippen LogP contribution in [0.15, 0.2) is 18.2 Å². The monoisotopic (exact) mass is 196 g/mol. The molecule has 78 valence electrons. The molecule has 0 amide bonds. The smallest absolute Gasteiger partial charge is 0.126 e. The van der Waals surface area contributed by atoms with Crippen molar-refractivity contribution in [3.05, 3.63) is 35.1 Å². The van der Waals surface area contributed by atoms with Crippen molar-refractivity contribution in [3.63, 3.8) is 0 Å². The van der Waals surface area contributed by atoms with Gasteiger partial charge in [0.25, 0.3) is 0 Å². The highest BCUT2D eigenvalue weighted by molar-refractivity contribution is 5.26. The van der Waals surface area contributed by atoms with Crippen molar-refractivity contribution in [2.24, 2.45) is 11.5 Å². The third-order valence-electron chi connectivity index (χ3n) is 2.24. The van der Waals surface area contributed by atoms with Crippen LogP contribution in [0.4, 0.5) is 4.39 Å². The molecule has 0 aromatic heterocycles. The Kier molecular flexibility index (Phi) is 3.61. The van der Waals surface area contributed by atoms with Crippen LogP contribution in [0.1, 0.15) is 30.5 Å². The Balaban J connectivity index is 2.80. The lowest BCUT2D eigenvalue weighted by atomic mass is 9.99. The fraction of sp³-hybridized carbons (Fsp3) is 0.455. The number of halogens is 1. The van der Waals surface area contributed by atoms with Gasteiger partial charge in [-0.3, -0.25) is 0 Å². The van der Waals surface area contributed by atoms with Crippen molar-refractivity contribution < 1.29 is 4.39 Å². The van der Waals surface area contributed by atoms with Crippen LogP contribution in [0.2, 0.25) is 0 Å². The molecule has 14 heavy (non-hydrogen) atoms. The van der Waals surface area contributed by atoms with Gasteiger partial charge in [0.15, 0.2) is 0 Å². The van der Waals surface area contributed by atoms with E-state index in [1.165, 1.54) is 6.07 Å². The molecule has 0 fully saturated rings. The maximum atomic E-state index is 13.0. The minimum atomic E-state index is -0.193. The number of aryl methyl sites for hydroxylation is 1. The number of benzene rings is 1. The van der Waals surface area contributed by atoms with E-state index < -0.39 is 0 Å². The number of hydrogen-bond acceptors (Lipinski definition) is 2. The predicted molar refractivity (Wildman–Crippen MR) is 56.3 cm³/mol. The zero-order valence-electron chi connectivity index (χ0n) is 8.63. The summed E-state index contributed by atoms with van der Waals surface area (Å²) in [5.41, 5.74) is 13.1. The van der Waals surface area contributed by atoms with Crippen LogP contribution in [0.3, 0.4) is 0 Å². The van der Waals surface area contributed by atoms with E-state index in [2.05, 4.69) is 0 Å². The molecule has 0 bridgehead atoms. The van der Waals surface area contributed by atoms with Crippen LogP contribution in [0, 0.1) is 12.7 Å². The normalized spacial score (nSPS) is 15.2. The van der Waals surface area contributed by atoms with E-state index in [0.717, 1.165) is 5.56 Å². The molecule has 4 N–H and O–H groups in total. The Labute approximate surface area is 84.1 Å². The molecule has 2 unspecified atom stereocenters. The van der Waals surface area contributed by atoms with Crippen molar-refractivity contribution in [1.29, 1.82) is 0 Å². The lowest BCUT2D eigenvalue weighted by molar-refractivity contribution is 0.564. The van der Waals surface area contributed by atoms with E-state index in [1.54, 1.807) is 19.1 Å². The summed E-state index contributed by atoms with van der Waals surface area (Å²) in [6.07, 6.45) is 0.713. The quantitative estimate of drug-likeness (QED) is 0.775. The van der Waals surface area contributed by atoms with E-state index in [9.17, 15) is 4.39 Å². The van der Waals surface area contributed by atoms with Gasteiger partial charge in [0.1, 0.15) is 5.82 Å². The number of nitrogens with two attached hydrogens (primary N) is 2. The van der Waals surface area contributed by atoms with Gasteiger partial charge in [-0.25, -0.2) is 4.39 Å². The third kappa shape index (κ3) is 2.79. The highest BCUT2D eigenvalue weighted by atomic mass is 19.1. The van der Waals surface area contributed by atoms with E-state index in [4.69, 9.17) is 11.5 Å². The highest BCUT2D eigenvalue weighted by Gasteiger charge is 2.09. The molecular formula is C11H17FN2. The maximum absolute atomic E-state index is 13.0. The van der Waals surface area contributed by atoms with E-state index in [1.807, 2.05) is 6.92 Å². The Bertz CT molecular complexity index is 310. The predicted octanol–water partition coefficient (Wildman–Crippen LogP) is 1.87. The first-order chi connectivity index (χ1) is 6.50. The molecule has 2 atom stereocenters. The summed E-state index contributed by atoms with van der Waals surface area (Å²) in [6.45, 7) is 3.65. The first-order valence-corrected chi connectivity index (χ1v) is 4.78. The van der Waals surface area contributed by atoms with E-state index in [0.29, 0.717) is 12.0 Å². The van der Waals surface area contributed by atoms with E-state index in [-0.39, 0.29) is 17.9 Å². The van der Waals surface area contributed by atoms with Crippen molar-refractivity contribution in [2.75, 3.05) is 0 Å². The van der Waals surface area contributed by atoms with Gasteiger partial charge < -0.3 is 11.5 Å². The fourth-order valence-corrected chi connectivity index (χ4v) is 1.44. The Hall–Kier alpha value is -0.930. The van der Waals surface area contributed by atoms with Crippen LogP contribution in [-0.4, -0.2) is 6.04 Å². The third-order valence-corrected chi connectivity index (χ3v) is 2.24. The Morgan fingerprint density at radius 3 is 2.50 bits per heavy atom. The van der Waals surface area contributed by atoms with Crippen molar-refractivity contribution in [3.8, 4) is 0 Å². The van der Waals surface area contributed by atoms with Crippen molar-refractivity contribution in [2.45, 2.75) is 32.4 Å². The lowest BCUT2D eigenvalue weighted by Gasteiger charge is -2.15. The molecular weight excluding hydrogens is 179 g/mol. The Morgan fingerprint density at radius 1 is 1.36 bits per heavy atom. The summed E-state index contributed by atoms with van der Waals surface area (Å²) in [6, 6.07) is 4.91. The fourth-order valence-electron chi connectivity index (χ4n) is 1.44. The molecule has 0 aliphatic heterocycles. The van der Waals surface area contributed by atoms with Gasteiger partial charge in [-0.2, -0.15) is 0 Å². The molecule has 0 saturated heterocycles. The van der Waals surface area contributed by atoms with Crippen LogP contribution in [-0.2, 0) is 0 Å². The van der Waals surface area contributed by atoms with Crippen LogP contribution in [0.5, 0.6) is 0 Å². The molecule has 0 aliphatic carbocycles. The standard InChI is InChI=1S/C11H17FN2/c1-7-5-9(3-4-10(7)12)11(14)6-8(2)13/h3-5,8,11H,6,13-14H2,1-2H3. The number of hydrogen-bond donors (Lipinski definition) is 2. The average molecular weight is 196 g/mol. The lowest BCUT2D eigenvalue weighted by Crippen LogP contribution is -2.23. The SMILES string of the molecule is Cc1cc(C(N)CC(C)N)ccc1F. The molecule has 0 aliphatic rings. The topological polar surface area (TPSA) is 52.0 Å². The van der Waals surface area contributed by atoms with Crippen LogP contribution >= 0.6 is 0 Å². The van der Waals surface area contributed by atoms with Crippen LogP contribution in [0.25, 0.3) is 0 Å². The van der Waals surface area contributed by atoms with Crippen molar-refractivity contribution in [1.82, 2.24) is 0 Å². The molecule has 1 aromatic carbocycles. The van der Waals surface area contributed by atoms with Gasteiger partial charge >= 0.3 is 0 Å². The molecule has 0 radical (unpaired) electrons. The van der Waals surface area contributed by atoms with E-state index >= 15 is 0 Å². The summed E-state index contributed by atoms with van der Waals surface area (Å²) in [5, 5.41) is 0. The summed E-state index contributed by atoms with van der Waals surface area (Å²) in [4.78, 5) is 0. The number of rotatable bonds is 3. The van der Waals surface area contributed by atoms with Gasteiger partial charge in [0, 0.05) is 12.1 Å². The summed E-state index contributed by atoms with van der Waals surface area (Å²) >= 11 is 0. The largest absolute Gasteiger partial charge is 0.328 e. The second kappa shape index (κ2) is 4.53. The molecule has 1 rings (SSSR count). The molecule has 2 nitrogen and oxygen atoms in total. The molecule has 1 aromatic rings. The average Bonchev–Trinajstić information content (AvgIpc) is 2.08. The van der Waals surface area contributed by atoms with Gasteiger partial charge in [-0.1, -0.05) is 12.1 Å². The first kappa shape index (κ1) is 11.1. The molecule has 0 heterocycles. The first-order valence-electron chi connectivity index (χ1n) is 4.78. The minimum Gasteiger partial charge on any atom is -0.328 e. The van der Waals surface area contributed by atoms with Crippen molar-refractivity contribution >= 4 is 0 Å². The second-order valence-electron chi connectivity index (χ2n) is 3.83. The Morgan fingerprint density at radius 2 is 2.00 bits per heavy atom. The molecule has 0 spiro atoms. The zero-order chi connectivity index (χ0) is 10.7. The van der Waals surface area contributed by atoms with Gasteiger partial charge in [0.2, 0.25) is 0 Å². The summed E-state index contributed by atoms with van der Waals surface area (Å²) in [7, 11) is 0. The summed E-state index contributed by atoms with van der Waals surface area (Å²) in [5.74, 6) is -0.193. The zero-order valence-corrected chi connectivity index (χ0v) is 8.63. The highest BCUT2D eigenvalue weighted by Crippen LogP contribution is 2.18. The van der Waals surface area contributed by atoms with Gasteiger partial charge in [-0.05, 0) is 37.5 Å².